The molecule has 0 aromatic heterocycles. The fraction of sp³-hybridized carbons (Fsp3) is 0.606. The van der Waals surface area contributed by atoms with Crippen LogP contribution in [-0.4, -0.2) is 44.4 Å². The van der Waals surface area contributed by atoms with Crippen molar-refractivity contribution in [1.82, 2.24) is 4.72 Å². The molecule has 2 aromatic carbocycles. The molecule has 2 aromatic rings. The molecule has 0 spiro atoms. The quantitative estimate of drug-likeness (QED) is 0.408. The van der Waals surface area contributed by atoms with Gasteiger partial charge >= 0.3 is 0 Å². The van der Waals surface area contributed by atoms with E-state index in [1.54, 1.807) is 25.1 Å². The van der Waals surface area contributed by atoms with Gasteiger partial charge in [-0.2, -0.15) is 0 Å². The number of hydrogen-bond acceptors (Lipinski definition) is 6. The molecule has 7 nitrogen and oxygen atoms in total. The predicted molar refractivity (Wildman–Crippen MR) is 168 cm³/mol. The molecule has 1 saturated carbocycles. The minimum Gasteiger partial charge on any atom is -0.487 e. The van der Waals surface area contributed by atoms with E-state index < -0.39 is 21.2 Å². The smallest absolute Gasteiger partial charge is 0.264 e. The van der Waals surface area contributed by atoms with Crippen LogP contribution in [-0.2, 0) is 23.1 Å². The maximum absolute atomic E-state index is 13.3. The summed E-state index contributed by atoms with van der Waals surface area (Å²) in [5, 5.41) is 9.92. The van der Waals surface area contributed by atoms with Crippen molar-refractivity contribution in [2.24, 2.45) is 23.7 Å². The number of amides is 1. The van der Waals surface area contributed by atoms with Crippen molar-refractivity contribution >= 4 is 33.2 Å². The number of hydrogen-bond donors (Lipinski definition) is 2. The van der Waals surface area contributed by atoms with Crippen LogP contribution in [0.5, 0.6) is 5.75 Å². The van der Waals surface area contributed by atoms with Crippen LogP contribution in [0.4, 0.5) is 5.69 Å². The van der Waals surface area contributed by atoms with Gasteiger partial charge in [0, 0.05) is 30.3 Å². The zero-order chi connectivity index (χ0) is 29.9. The summed E-state index contributed by atoms with van der Waals surface area (Å²) < 4.78 is 35.3. The summed E-state index contributed by atoms with van der Waals surface area (Å²) in [7, 11) is -3.86. The van der Waals surface area contributed by atoms with E-state index in [-0.39, 0.29) is 12.5 Å². The Kier molecular flexibility index (Phi) is 10.1. The summed E-state index contributed by atoms with van der Waals surface area (Å²) >= 11 is 6.32. The summed E-state index contributed by atoms with van der Waals surface area (Å²) in [5.41, 5.74) is 3.42. The van der Waals surface area contributed by atoms with Crippen LogP contribution < -0.4 is 14.4 Å². The molecule has 2 heterocycles. The highest BCUT2D eigenvalue weighted by Gasteiger charge is 2.38. The summed E-state index contributed by atoms with van der Waals surface area (Å²) in [6.07, 6.45) is 8.62. The Hall–Kier alpha value is -2.29. The molecule has 9 heteroatoms. The average molecular weight is 617 g/mol. The lowest BCUT2D eigenvalue weighted by Crippen LogP contribution is -2.43. The Balaban J connectivity index is 1.53. The van der Waals surface area contributed by atoms with Crippen molar-refractivity contribution in [3.05, 3.63) is 58.1 Å². The van der Waals surface area contributed by atoms with Gasteiger partial charge in [0.15, 0.2) is 0 Å². The number of nitrogens with one attached hydrogen (secondary N) is 1. The lowest BCUT2D eigenvalue weighted by Gasteiger charge is -2.45. The minimum absolute atomic E-state index is 0.0933. The number of aryl methyl sites for hydroxylation is 1. The Labute approximate surface area is 256 Å². The third-order valence-electron chi connectivity index (χ3n) is 10.0. The first-order chi connectivity index (χ1) is 20.2. The van der Waals surface area contributed by atoms with Crippen LogP contribution in [0, 0.1) is 23.7 Å². The first-order valence-electron chi connectivity index (χ1n) is 15.6. The Morgan fingerprint density at radius 2 is 1.86 bits per heavy atom. The van der Waals surface area contributed by atoms with E-state index in [4.69, 9.17) is 16.3 Å². The van der Waals surface area contributed by atoms with E-state index in [1.807, 2.05) is 25.1 Å². The van der Waals surface area contributed by atoms with E-state index in [1.165, 1.54) is 5.56 Å². The third-order valence-corrected chi connectivity index (χ3v) is 12.2. The summed E-state index contributed by atoms with van der Waals surface area (Å²) in [6.45, 7) is 5.84. The molecular weight excluding hydrogens is 572 g/mol. The van der Waals surface area contributed by atoms with Gasteiger partial charge in [-0.05, 0) is 117 Å². The molecule has 5 atom stereocenters. The van der Waals surface area contributed by atoms with Crippen LogP contribution in [0.25, 0.3) is 0 Å². The summed E-state index contributed by atoms with van der Waals surface area (Å²) in [5.74, 6) is 1.43. The van der Waals surface area contributed by atoms with E-state index in [0.717, 1.165) is 87.2 Å². The number of benzene rings is 2. The van der Waals surface area contributed by atoms with Gasteiger partial charge in [0.05, 0.1) is 10.9 Å². The van der Waals surface area contributed by atoms with E-state index in [0.29, 0.717) is 35.7 Å². The Morgan fingerprint density at radius 3 is 2.62 bits per heavy atom. The normalized spacial score (nSPS) is 28.6. The second-order valence-electron chi connectivity index (χ2n) is 12.7. The number of nitrogens with zero attached hydrogens (tertiary/aromatic N) is 1. The minimum atomic E-state index is -3.86. The molecule has 42 heavy (non-hydrogen) atoms. The Bertz CT molecular complexity index is 1370. The van der Waals surface area contributed by atoms with Crippen LogP contribution in [0.3, 0.4) is 0 Å². The molecule has 1 fully saturated rings. The average Bonchev–Trinajstić information content (AvgIpc) is 2.97. The van der Waals surface area contributed by atoms with Gasteiger partial charge in [-0.25, -0.2) is 13.1 Å². The largest absolute Gasteiger partial charge is 0.487 e. The van der Waals surface area contributed by atoms with Crippen molar-refractivity contribution in [2.75, 3.05) is 24.6 Å². The fourth-order valence-corrected chi connectivity index (χ4v) is 8.57. The SMILES string of the molecule is CC1CCC[C@H](CCO)C2CCC2CN2CCCCc3cc(Cl)ccc3COc3ccc(cc32)C(=O)NS(=O)(=O)C1C. The number of carbonyl (C=O) groups is 1. The summed E-state index contributed by atoms with van der Waals surface area (Å²) in [4.78, 5) is 15.7. The molecule has 2 N–H and O–H groups in total. The molecule has 3 aliphatic rings. The highest BCUT2D eigenvalue weighted by atomic mass is 35.5. The van der Waals surface area contributed by atoms with E-state index in [9.17, 15) is 18.3 Å². The van der Waals surface area contributed by atoms with Crippen molar-refractivity contribution < 1.29 is 23.1 Å². The number of anilines is 1. The predicted octanol–water partition coefficient (Wildman–Crippen LogP) is 6.35. The van der Waals surface area contributed by atoms with Gasteiger partial charge in [0.2, 0.25) is 10.0 Å². The number of sulfonamides is 1. The third kappa shape index (κ3) is 7.08. The molecule has 4 unspecified atom stereocenters. The monoisotopic (exact) mass is 616 g/mol. The first-order valence-corrected chi connectivity index (χ1v) is 17.5. The summed E-state index contributed by atoms with van der Waals surface area (Å²) in [6, 6.07) is 11.2. The topological polar surface area (TPSA) is 95.9 Å². The number of aliphatic hydroxyl groups is 1. The van der Waals surface area contributed by atoms with E-state index >= 15 is 0 Å². The van der Waals surface area contributed by atoms with Crippen molar-refractivity contribution in [3.63, 3.8) is 0 Å². The second-order valence-corrected chi connectivity index (χ2v) is 15.1. The van der Waals surface area contributed by atoms with Gasteiger partial charge < -0.3 is 14.7 Å². The van der Waals surface area contributed by atoms with Gasteiger partial charge in [0.1, 0.15) is 12.4 Å². The number of fused-ring (bicyclic) bond motifs is 3. The van der Waals surface area contributed by atoms with Crippen LogP contribution in [0.15, 0.2) is 36.4 Å². The molecule has 1 amide bonds. The molecule has 0 radical (unpaired) electrons. The number of ether oxygens (including phenoxy) is 1. The van der Waals surface area contributed by atoms with Gasteiger partial charge in [0.25, 0.3) is 5.91 Å². The molecule has 0 saturated heterocycles. The Morgan fingerprint density at radius 1 is 1.02 bits per heavy atom. The second kappa shape index (κ2) is 13.6. The van der Waals surface area contributed by atoms with E-state index in [2.05, 4.69) is 9.62 Å². The van der Waals surface area contributed by atoms with Crippen molar-refractivity contribution in [3.8, 4) is 5.75 Å². The van der Waals surface area contributed by atoms with Gasteiger partial charge in [-0.3, -0.25) is 4.79 Å². The lowest BCUT2D eigenvalue weighted by molar-refractivity contribution is 0.0804. The molecular formula is C33H45ClN2O5S. The van der Waals surface area contributed by atoms with Gasteiger partial charge in [-0.15, -0.1) is 0 Å². The number of halogens is 1. The highest BCUT2D eigenvalue weighted by Crippen LogP contribution is 2.45. The van der Waals surface area contributed by atoms with Crippen LogP contribution in [0.1, 0.15) is 86.7 Å². The molecule has 2 aliphatic heterocycles. The molecule has 230 valence electrons. The molecule has 2 bridgehead atoms. The van der Waals surface area contributed by atoms with Crippen LogP contribution >= 0.6 is 11.6 Å². The standard InChI is InChI=1S/C33H45ClN2O5S/c1-22-6-5-8-24(15-17-37)30-13-10-27(30)20-36-16-4-3-7-25-18-29(34)12-9-28(25)21-41-32-14-11-26(19-31(32)36)33(38)35-42(39,40)23(22)2/h9,11-12,14,18-19,22-24,27,30,37H,3-8,10,13,15-17,20-21H2,1-2H3,(H,35,38)/t22?,23?,24-,27?,30?/m1/s1. The van der Waals surface area contributed by atoms with Gasteiger partial charge in [-0.1, -0.05) is 37.4 Å². The van der Waals surface area contributed by atoms with Crippen molar-refractivity contribution in [2.45, 2.75) is 83.5 Å². The number of carbonyl (C=O) groups excluding carboxylic acids is 1. The molecule has 1 aliphatic carbocycles. The maximum Gasteiger partial charge on any atom is 0.264 e. The number of aliphatic hydroxyl groups excluding tert-OH is 1. The zero-order valence-corrected chi connectivity index (χ0v) is 26.4. The number of rotatable bonds is 2. The first kappa shape index (κ1) is 31.1. The fourth-order valence-electron chi connectivity index (χ4n) is 7.07. The maximum atomic E-state index is 13.3. The zero-order valence-electron chi connectivity index (χ0n) is 24.9. The van der Waals surface area contributed by atoms with Crippen LogP contribution in [0.2, 0.25) is 5.02 Å². The van der Waals surface area contributed by atoms with Crippen molar-refractivity contribution in [1.29, 1.82) is 0 Å². The lowest BCUT2D eigenvalue weighted by atomic mass is 9.64. The highest BCUT2D eigenvalue weighted by molar-refractivity contribution is 7.90. The molecule has 5 rings (SSSR count).